The number of carbonyl (C=O) groups excluding carboxylic acids is 1. The van der Waals surface area contributed by atoms with Crippen LogP contribution in [0.4, 0.5) is 5.69 Å². The Morgan fingerprint density at radius 2 is 1.90 bits per heavy atom. The van der Waals surface area contributed by atoms with Crippen LogP contribution in [0, 0.1) is 16.0 Å². The Hall–Kier alpha value is -3.75. The molecule has 0 radical (unpaired) electrons. The minimum absolute atomic E-state index is 0.0185. The largest absolute Gasteiger partial charge is 0.483 e. The van der Waals surface area contributed by atoms with Gasteiger partial charge in [0, 0.05) is 30.8 Å². The van der Waals surface area contributed by atoms with Gasteiger partial charge in [0.25, 0.3) is 17.5 Å². The Morgan fingerprint density at radius 1 is 1.19 bits per heavy atom. The van der Waals surface area contributed by atoms with E-state index >= 15 is 0 Å². The van der Waals surface area contributed by atoms with Gasteiger partial charge in [0.2, 0.25) is 5.82 Å². The molecule has 160 valence electrons. The molecule has 9 nitrogen and oxygen atoms in total. The van der Waals surface area contributed by atoms with E-state index in [4.69, 9.17) is 9.26 Å². The molecule has 0 spiro atoms. The van der Waals surface area contributed by atoms with E-state index in [1.807, 2.05) is 17.0 Å². The summed E-state index contributed by atoms with van der Waals surface area (Å²) in [6.07, 6.45) is 2.02. The van der Waals surface area contributed by atoms with Crippen LogP contribution in [-0.4, -0.2) is 45.6 Å². The van der Waals surface area contributed by atoms with Crippen molar-refractivity contribution >= 4 is 11.6 Å². The van der Waals surface area contributed by atoms with Crippen LogP contribution in [0.2, 0.25) is 0 Å². The Morgan fingerprint density at radius 3 is 2.61 bits per heavy atom. The lowest BCUT2D eigenvalue weighted by atomic mass is 9.99. The fourth-order valence-electron chi connectivity index (χ4n) is 3.44. The predicted molar refractivity (Wildman–Crippen MR) is 112 cm³/mol. The van der Waals surface area contributed by atoms with Gasteiger partial charge in [-0.25, -0.2) is 0 Å². The van der Waals surface area contributed by atoms with Crippen LogP contribution in [0.25, 0.3) is 22.8 Å². The van der Waals surface area contributed by atoms with Crippen LogP contribution in [0.15, 0.2) is 53.1 Å². The van der Waals surface area contributed by atoms with E-state index in [0.29, 0.717) is 28.6 Å². The van der Waals surface area contributed by atoms with Gasteiger partial charge in [-0.1, -0.05) is 24.2 Å². The third-order valence-corrected chi connectivity index (χ3v) is 5.37. The van der Waals surface area contributed by atoms with Crippen molar-refractivity contribution in [2.75, 3.05) is 19.7 Å². The lowest BCUT2D eigenvalue weighted by molar-refractivity contribution is -0.384. The summed E-state index contributed by atoms with van der Waals surface area (Å²) in [4.78, 5) is 29.1. The van der Waals surface area contributed by atoms with Gasteiger partial charge in [-0.05, 0) is 43.0 Å². The van der Waals surface area contributed by atoms with Crippen molar-refractivity contribution in [2.24, 2.45) is 5.92 Å². The number of nitro groups is 1. The van der Waals surface area contributed by atoms with Crippen molar-refractivity contribution in [3.05, 3.63) is 58.6 Å². The van der Waals surface area contributed by atoms with Gasteiger partial charge in [-0.2, -0.15) is 4.98 Å². The van der Waals surface area contributed by atoms with Gasteiger partial charge in [-0.3, -0.25) is 14.9 Å². The second-order valence-corrected chi connectivity index (χ2v) is 7.58. The van der Waals surface area contributed by atoms with E-state index in [0.717, 1.165) is 25.9 Å². The minimum Gasteiger partial charge on any atom is -0.483 e. The number of hydrogen-bond donors (Lipinski definition) is 0. The zero-order valence-corrected chi connectivity index (χ0v) is 17.1. The Kier molecular flexibility index (Phi) is 5.92. The highest BCUT2D eigenvalue weighted by atomic mass is 16.6. The molecule has 3 aromatic rings. The van der Waals surface area contributed by atoms with Crippen LogP contribution in [0.3, 0.4) is 0 Å². The summed E-state index contributed by atoms with van der Waals surface area (Å²) in [5.41, 5.74) is 1.15. The van der Waals surface area contributed by atoms with Crippen LogP contribution < -0.4 is 4.74 Å². The van der Waals surface area contributed by atoms with Crippen LogP contribution in [-0.2, 0) is 4.79 Å². The summed E-state index contributed by atoms with van der Waals surface area (Å²) in [5.74, 6) is 1.63. The number of ether oxygens (including phenoxy) is 1. The molecule has 4 rings (SSSR count). The predicted octanol–water partition coefficient (Wildman–Crippen LogP) is 3.95. The average molecular weight is 422 g/mol. The zero-order valence-electron chi connectivity index (χ0n) is 17.1. The molecule has 0 unspecified atom stereocenters. The highest BCUT2D eigenvalue weighted by Gasteiger charge is 2.21. The van der Waals surface area contributed by atoms with Crippen molar-refractivity contribution in [3.8, 4) is 28.6 Å². The third kappa shape index (κ3) is 4.71. The van der Waals surface area contributed by atoms with Crippen molar-refractivity contribution in [2.45, 2.75) is 19.8 Å². The SMILES string of the molecule is CC1CCN(C(=O)COc2ccccc2-c2noc(-c3ccc([N+](=O)[O-])cc3)n2)CC1. The number of para-hydroxylation sites is 1. The number of rotatable bonds is 6. The van der Waals surface area contributed by atoms with Crippen molar-refractivity contribution in [1.29, 1.82) is 0 Å². The number of aromatic nitrogens is 2. The number of carbonyl (C=O) groups is 1. The first kappa shape index (κ1) is 20.5. The summed E-state index contributed by atoms with van der Waals surface area (Å²) < 4.78 is 11.1. The van der Waals surface area contributed by atoms with Crippen LogP contribution in [0.5, 0.6) is 5.75 Å². The molecular weight excluding hydrogens is 400 g/mol. The summed E-state index contributed by atoms with van der Waals surface area (Å²) in [7, 11) is 0. The zero-order chi connectivity index (χ0) is 21.8. The first-order valence-corrected chi connectivity index (χ1v) is 10.1. The molecule has 2 aromatic carbocycles. The molecule has 9 heteroatoms. The van der Waals surface area contributed by atoms with Gasteiger partial charge < -0.3 is 14.2 Å². The molecule has 1 aliphatic rings. The van der Waals surface area contributed by atoms with E-state index in [1.54, 1.807) is 24.3 Å². The van der Waals surface area contributed by atoms with Crippen LogP contribution in [0.1, 0.15) is 19.8 Å². The summed E-state index contributed by atoms with van der Waals surface area (Å²) in [6, 6.07) is 13.0. The number of non-ortho nitro benzene ring substituents is 1. The number of hydrogen-bond acceptors (Lipinski definition) is 7. The molecular formula is C22H22N4O5. The number of benzene rings is 2. The van der Waals surface area contributed by atoms with E-state index in [-0.39, 0.29) is 24.1 Å². The summed E-state index contributed by atoms with van der Waals surface area (Å²) >= 11 is 0. The standard InChI is InChI=1S/C22H22N4O5/c1-15-10-12-25(13-11-15)20(27)14-30-19-5-3-2-4-18(19)21-23-22(31-24-21)16-6-8-17(9-7-16)26(28)29/h2-9,15H,10-14H2,1H3. The second kappa shape index (κ2) is 8.95. The van der Waals surface area contributed by atoms with Gasteiger partial charge in [0.05, 0.1) is 10.5 Å². The first-order valence-electron chi connectivity index (χ1n) is 10.1. The van der Waals surface area contributed by atoms with Gasteiger partial charge in [-0.15, -0.1) is 0 Å². The van der Waals surface area contributed by atoms with Crippen LogP contribution >= 0.6 is 0 Å². The minimum atomic E-state index is -0.470. The number of piperidine rings is 1. The smallest absolute Gasteiger partial charge is 0.269 e. The molecule has 0 N–H and O–H groups in total. The lowest BCUT2D eigenvalue weighted by Gasteiger charge is -2.30. The molecule has 0 atom stereocenters. The molecule has 2 heterocycles. The van der Waals surface area contributed by atoms with Crippen molar-refractivity contribution in [1.82, 2.24) is 15.0 Å². The fourth-order valence-corrected chi connectivity index (χ4v) is 3.44. The molecule has 1 aromatic heterocycles. The van der Waals surface area contributed by atoms with Gasteiger partial charge >= 0.3 is 0 Å². The molecule has 0 bridgehead atoms. The normalized spacial score (nSPS) is 14.4. The van der Waals surface area contributed by atoms with E-state index < -0.39 is 4.92 Å². The number of likely N-dealkylation sites (tertiary alicyclic amines) is 1. The average Bonchev–Trinajstić information content (AvgIpc) is 3.28. The number of amides is 1. The molecule has 1 saturated heterocycles. The topological polar surface area (TPSA) is 112 Å². The fraction of sp³-hybridized carbons (Fsp3) is 0.318. The molecule has 31 heavy (non-hydrogen) atoms. The van der Waals surface area contributed by atoms with E-state index in [9.17, 15) is 14.9 Å². The lowest BCUT2D eigenvalue weighted by Crippen LogP contribution is -2.40. The maximum absolute atomic E-state index is 12.5. The second-order valence-electron chi connectivity index (χ2n) is 7.58. The molecule has 0 saturated carbocycles. The first-order chi connectivity index (χ1) is 15.0. The highest BCUT2D eigenvalue weighted by molar-refractivity contribution is 5.78. The van der Waals surface area contributed by atoms with E-state index in [2.05, 4.69) is 17.1 Å². The number of nitro benzene ring substituents is 1. The maximum Gasteiger partial charge on any atom is 0.269 e. The van der Waals surface area contributed by atoms with Gasteiger partial charge in [0.15, 0.2) is 6.61 Å². The monoisotopic (exact) mass is 422 g/mol. The Labute approximate surface area is 178 Å². The van der Waals surface area contributed by atoms with E-state index in [1.165, 1.54) is 12.1 Å². The highest BCUT2D eigenvalue weighted by Crippen LogP contribution is 2.30. The summed E-state index contributed by atoms with van der Waals surface area (Å²) in [6.45, 7) is 3.66. The molecule has 1 fully saturated rings. The molecule has 1 aliphatic heterocycles. The van der Waals surface area contributed by atoms with Gasteiger partial charge in [0.1, 0.15) is 5.75 Å². The van der Waals surface area contributed by atoms with Crippen molar-refractivity contribution in [3.63, 3.8) is 0 Å². The summed E-state index contributed by atoms with van der Waals surface area (Å²) in [5, 5.41) is 14.8. The molecule has 0 aliphatic carbocycles. The Bertz CT molecular complexity index is 1070. The molecule has 1 amide bonds. The Balaban J connectivity index is 1.47. The number of nitrogens with zero attached hydrogens (tertiary/aromatic N) is 4. The van der Waals surface area contributed by atoms with Crippen molar-refractivity contribution < 1.29 is 19.0 Å². The third-order valence-electron chi connectivity index (χ3n) is 5.37. The quantitative estimate of drug-likeness (QED) is 0.437. The maximum atomic E-state index is 12.5.